The van der Waals surface area contributed by atoms with Crippen LogP contribution >= 0.6 is 0 Å². The largest absolute Gasteiger partial charge is 0.394 e. The van der Waals surface area contributed by atoms with Crippen LogP contribution in [0.1, 0.15) is 18.5 Å². The molecule has 106 valence electrons. The molecule has 4 heteroatoms. The van der Waals surface area contributed by atoms with Gasteiger partial charge in [0.15, 0.2) is 0 Å². The molecule has 1 aliphatic rings. The van der Waals surface area contributed by atoms with Crippen LogP contribution in [0.4, 0.5) is 0 Å². The van der Waals surface area contributed by atoms with Crippen molar-refractivity contribution in [2.24, 2.45) is 5.92 Å². The molecule has 1 unspecified atom stereocenters. The fraction of sp³-hybridized carbons (Fsp3) is 0.667. The molecule has 19 heavy (non-hydrogen) atoms. The summed E-state index contributed by atoms with van der Waals surface area (Å²) in [5.74, 6) is 0.625. The smallest absolute Gasteiger partial charge is 0.0628 e. The summed E-state index contributed by atoms with van der Waals surface area (Å²) in [5.41, 5.74) is 0.999. The van der Waals surface area contributed by atoms with E-state index in [1.807, 2.05) is 25.4 Å². The van der Waals surface area contributed by atoms with E-state index in [0.29, 0.717) is 5.92 Å². The second-order valence-electron chi connectivity index (χ2n) is 5.65. The number of hydrogen-bond acceptors (Lipinski definition) is 4. The van der Waals surface area contributed by atoms with Gasteiger partial charge in [0, 0.05) is 31.4 Å². The van der Waals surface area contributed by atoms with Crippen molar-refractivity contribution in [3.05, 3.63) is 30.1 Å². The molecule has 0 spiro atoms. The number of nitrogens with zero attached hydrogens (tertiary/aromatic N) is 2. The summed E-state index contributed by atoms with van der Waals surface area (Å²) in [5, 5.41) is 13.1. The fourth-order valence-corrected chi connectivity index (χ4v) is 2.72. The van der Waals surface area contributed by atoms with Crippen LogP contribution in [0.2, 0.25) is 0 Å². The number of aromatic nitrogens is 1. The maximum Gasteiger partial charge on any atom is 0.0628 e. The average molecular weight is 263 g/mol. The molecule has 1 heterocycles. The number of rotatable bonds is 8. The lowest BCUT2D eigenvalue weighted by atomic mass is 9.93. The molecule has 2 N–H and O–H groups in total. The van der Waals surface area contributed by atoms with E-state index in [1.54, 1.807) is 0 Å². The van der Waals surface area contributed by atoms with Gasteiger partial charge in [0.2, 0.25) is 0 Å². The van der Waals surface area contributed by atoms with Crippen molar-refractivity contribution < 1.29 is 5.11 Å². The van der Waals surface area contributed by atoms with Crippen molar-refractivity contribution in [1.82, 2.24) is 15.2 Å². The minimum Gasteiger partial charge on any atom is -0.394 e. The second-order valence-corrected chi connectivity index (χ2v) is 5.65. The molecule has 0 saturated heterocycles. The molecule has 1 aromatic rings. The highest BCUT2D eigenvalue weighted by molar-refractivity contribution is 5.05. The lowest BCUT2D eigenvalue weighted by Gasteiger charge is -2.36. The first-order valence-corrected chi connectivity index (χ1v) is 7.08. The maximum absolute atomic E-state index is 9.72. The van der Waals surface area contributed by atoms with Crippen LogP contribution in [-0.4, -0.2) is 54.3 Å². The van der Waals surface area contributed by atoms with Crippen LogP contribution in [0.5, 0.6) is 0 Å². The molecule has 0 radical (unpaired) electrons. The zero-order chi connectivity index (χ0) is 13.7. The Hall–Kier alpha value is -0.970. The summed E-state index contributed by atoms with van der Waals surface area (Å²) in [6, 6.07) is 6.03. The number of pyridine rings is 1. The van der Waals surface area contributed by atoms with Gasteiger partial charge in [0.25, 0.3) is 0 Å². The summed E-state index contributed by atoms with van der Waals surface area (Å²) >= 11 is 0. The van der Waals surface area contributed by atoms with Crippen LogP contribution in [0.3, 0.4) is 0 Å². The highest BCUT2D eigenvalue weighted by Crippen LogP contribution is 2.39. The first-order chi connectivity index (χ1) is 9.20. The van der Waals surface area contributed by atoms with Crippen LogP contribution in [0.25, 0.3) is 0 Å². The number of likely N-dealkylation sites (N-methyl/N-ethyl adjacent to an activating group) is 2. The van der Waals surface area contributed by atoms with E-state index < -0.39 is 0 Å². The zero-order valence-electron chi connectivity index (χ0n) is 12.0. The molecule has 0 aliphatic heterocycles. The molecular formula is C15H25N3O. The van der Waals surface area contributed by atoms with Gasteiger partial charge in [0.1, 0.15) is 0 Å². The summed E-state index contributed by atoms with van der Waals surface area (Å²) in [7, 11) is 4.08. The number of aliphatic hydroxyl groups is 1. The zero-order valence-corrected chi connectivity index (χ0v) is 12.0. The predicted octanol–water partition coefficient (Wildman–Crippen LogP) is 0.916. The highest BCUT2D eigenvalue weighted by atomic mass is 16.3. The molecule has 0 bridgehead atoms. The third kappa shape index (κ3) is 3.75. The van der Waals surface area contributed by atoms with E-state index >= 15 is 0 Å². The first kappa shape index (κ1) is 14.4. The highest BCUT2D eigenvalue weighted by Gasteiger charge is 2.44. The van der Waals surface area contributed by atoms with Crippen LogP contribution < -0.4 is 5.32 Å². The summed E-state index contributed by atoms with van der Waals surface area (Å²) in [6.07, 6.45) is 5.25. The van der Waals surface area contributed by atoms with E-state index in [4.69, 9.17) is 0 Å². The average Bonchev–Trinajstić information content (AvgIpc) is 3.29. The van der Waals surface area contributed by atoms with Gasteiger partial charge >= 0.3 is 0 Å². The van der Waals surface area contributed by atoms with Crippen molar-refractivity contribution >= 4 is 0 Å². The minimum absolute atomic E-state index is 0.126. The SMILES string of the molecule is CNC(CO)(CN(C)CCc1ccccn1)C1CC1. The Morgan fingerprint density at radius 1 is 1.47 bits per heavy atom. The molecule has 0 amide bonds. The Balaban J connectivity index is 1.84. The molecule has 1 saturated carbocycles. The first-order valence-electron chi connectivity index (χ1n) is 7.08. The van der Waals surface area contributed by atoms with E-state index in [9.17, 15) is 5.11 Å². The van der Waals surface area contributed by atoms with Crippen molar-refractivity contribution in [3.8, 4) is 0 Å². The predicted molar refractivity (Wildman–Crippen MR) is 77.0 cm³/mol. The van der Waals surface area contributed by atoms with Crippen molar-refractivity contribution in [3.63, 3.8) is 0 Å². The molecule has 2 rings (SSSR count). The minimum atomic E-state index is -0.126. The Morgan fingerprint density at radius 3 is 2.79 bits per heavy atom. The van der Waals surface area contributed by atoms with Crippen molar-refractivity contribution in [2.75, 3.05) is 33.8 Å². The van der Waals surface area contributed by atoms with Gasteiger partial charge in [-0.2, -0.15) is 0 Å². The van der Waals surface area contributed by atoms with Gasteiger partial charge in [0.05, 0.1) is 12.1 Å². The lowest BCUT2D eigenvalue weighted by molar-refractivity contribution is 0.108. The van der Waals surface area contributed by atoms with Crippen molar-refractivity contribution in [2.45, 2.75) is 24.8 Å². The van der Waals surface area contributed by atoms with E-state index in [2.05, 4.69) is 28.3 Å². The molecule has 1 aromatic heterocycles. The summed E-state index contributed by atoms with van der Waals surface area (Å²) in [6.45, 7) is 2.06. The molecule has 1 fully saturated rings. The maximum atomic E-state index is 9.72. The monoisotopic (exact) mass is 263 g/mol. The number of aliphatic hydroxyl groups excluding tert-OH is 1. The Kier molecular flexibility index (Phi) is 4.91. The lowest BCUT2D eigenvalue weighted by Crippen LogP contribution is -2.56. The quantitative estimate of drug-likeness (QED) is 0.732. The Morgan fingerprint density at radius 2 is 2.26 bits per heavy atom. The van der Waals surface area contributed by atoms with Crippen LogP contribution in [0, 0.1) is 5.92 Å². The number of nitrogens with one attached hydrogen (secondary N) is 1. The fourth-order valence-electron chi connectivity index (χ4n) is 2.72. The third-order valence-electron chi connectivity index (χ3n) is 4.17. The van der Waals surface area contributed by atoms with Crippen LogP contribution in [0.15, 0.2) is 24.4 Å². The van der Waals surface area contributed by atoms with Gasteiger partial charge in [-0.05, 0) is 45.0 Å². The standard InChI is InChI=1S/C15H25N3O/c1-16-15(12-19,13-6-7-13)11-18(2)10-8-14-5-3-4-9-17-14/h3-5,9,13,16,19H,6-8,10-12H2,1-2H3. The van der Waals surface area contributed by atoms with Gasteiger partial charge in [-0.15, -0.1) is 0 Å². The van der Waals surface area contributed by atoms with E-state index in [-0.39, 0.29) is 12.1 Å². The van der Waals surface area contributed by atoms with Gasteiger partial charge < -0.3 is 15.3 Å². The topological polar surface area (TPSA) is 48.4 Å². The number of hydrogen-bond donors (Lipinski definition) is 2. The molecule has 0 aromatic carbocycles. The third-order valence-corrected chi connectivity index (χ3v) is 4.17. The molecule has 1 atom stereocenters. The van der Waals surface area contributed by atoms with Gasteiger partial charge in [-0.1, -0.05) is 6.07 Å². The normalized spacial score (nSPS) is 18.5. The molecule has 4 nitrogen and oxygen atoms in total. The Bertz CT molecular complexity index is 374. The van der Waals surface area contributed by atoms with E-state index in [0.717, 1.165) is 25.2 Å². The molecular weight excluding hydrogens is 238 g/mol. The summed E-state index contributed by atoms with van der Waals surface area (Å²) in [4.78, 5) is 6.63. The van der Waals surface area contributed by atoms with E-state index in [1.165, 1.54) is 12.8 Å². The summed E-state index contributed by atoms with van der Waals surface area (Å²) < 4.78 is 0. The second kappa shape index (κ2) is 6.46. The Labute approximate surface area is 115 Å². The van der Waals surface area contributed by atoms with Crippen LogP contribution in [-0.2, 0) is 6.42 Å². The van der Waals surface area contributed by atoms with Crippen molar-refractivity contribution in [1.29, 1.82) is 0 Å². The van der Waals surface area contributed by atoms with Gasteiger partial charge in [-0.25, -0.2) is 0 Å². The van der Waals surface area contributed by atoms with Gasteiger partial charge in [-0.3, -0.25) is 4.98 Å². The molecule has 1 aliphatic carbocycles.